The van der Waals surface area contributed by atoms with Crippen LogP contribution in [0.15, 0.2) is 400 Å². The molecule has 0 saturated heterocycles. The van der Waals surface area contributed by atoms with Crippen molar-refractivity contribution in [1.82, 2.24) is 0 Å². The van der Waals surface area contributed by atoms with Gasteiger partial charge in [-0.1, -0.05) is 340 Å². The number of anilines is 9. The molecule has 0 N–H and O–H groups in total. The maximum absolute atomic E-state index is 3.11. The van der Waals surface area contributed by atoms with Crippen molar-refractivity contribution in [1.29, 1.82) is 0 Å². The Labute approximate surface area is 565 Å². The van der Waals surface area contributed by atoms with Gasteiger partial charge in [-0.3, -0.25) is 0 Å². The molecule has 17 rings (SSSR count). The molecule has 15 aromatic carbocycles. The third kappa shape index (κ3) is 9.71. The lowest BCUT2D eigenvalue weighted by Crippen LogP contribution is -2.75. The Morgan fingerprint density at radius 2 is 0.583 bits per heavy atom. The van der Waals surface area contributed by atoms with E-state index in [1.165, 1.54) is 57.9 Å². The van der Waals surface area contributed by atoms with Gasteiger partial charge in [-0.15, -0.1) is 0 Å². The molecule has 0 unspecified atom stereocenters. The molecule has 2 aliphatic rings. The normalized spacial score (nSPS) is 12.3. The number of para-hydroxylation sites is 4. The first-order valence-electron chi connectivity index (χ1n) is 33.3. The van der Waals surface area contributed by atoms with Gasteiger partial charge in [0.1, 0.15) is 0 Å². The van der Waals surface area contributed by atoms with Crippen molar-refractivity contribution in [2.75, 3.05) is 14.7 Å². The quantitative estimate of drug-likeness (QED) is 0.0748. The van der Waals surface area contributed by atoms with E-state index in [-0.39, 0.29) is 6.71 Å². The van der Waals surface area contributed by atoms with Crippen LogP contribution in [0.25, 0.3) is 22.3 Å². The number of fused-ring (bicyclic) bond motifs is 4. The SMILES string of the molecule is c1ccc(-c2ccccc2N2c3cc(N(c4ccccc4)c4ccccc4)cc4c3B(c3cc([Si](c5ccccc5)(c5ccccc5)c5ccccc5)ccc3N4c3ccc([Si](c4ccccc4)(c4ccccc4)c4ccccc4)cc3)c3cccc(-c4ccccc4)c32)cc1. The molecule has 6 heteroatoms. The molecule has 0 fully saturated rings. The summed E-state index contributed by atoms with van der Waals surface area (Å²) in [5.74, 6) is 0. The van der Waals surface area contributed by atoms with Crippen molar-refractivity contribution in [3.8, 4) is 22.3 Å². The molecule has 0 aliphatic carbocycles. The van der Waals surface area contributed by atoms with Gasteiger partial charge in [-0.2, -0.15) is 0 Å². The molecule has 3 nitrogen and oxygen atoms in total. The third-order valence-corrected chi connectivity index (χ3v) is 29.5. The molecular weight excluding hydrogens is 1190 g/mol. The maximum Gasteiger partial charge on any atom is 0.252 e. The van der Waals surface area contributed by atoms with Crippen molar-refractivity contribution >= 4 is 132 Å². The van der Waals surface area contributed by atoms with Crippen molar-refractivity contribution < 1.29 is 0 Å². The van der Waals surface area contributed by atoms with Crippen LogP contribution in [0.5, 0.6) is 0 Å². The Morgan fingerprint density at radius 1 is 0.229 bits per heavy atom. The van der Waals surface area contributed by atoms with Crippen LogP contribution in [0, 0.1) is 0 Å². The van der Waals surface area contributed by atoms with Crippen LogP contribution in [-0.2, 0) is 0 Å². The number of hydrogen-bond acceptors (Lipinski definition) is 3. The van der Waals surface area contributed by atoms with Gasteiger partial charge in [0.25, 0.3) is 6.71 Å². The summed E-state index contributed by atoms with van der Waals surface area (Å²) >= 11 is 0. The highest BCUT2D eigenvalue weighted by molar-refractivity contribution is 7.20. The molecule has 452 valence electrons. The van der Waals surface area contributed by atoms with E-state index >= 15 is 0 Å². The van der Waals surface area contributed by atoms with E-state index in [1.807, 2.05) is 0 Å². The van der Waals surface area contributed by atoms with E-state index in [0.29, 0.717) is 0 Å². The predicted molar refractivity (Wildman–Crippen MR) is 413 cm³/mol. The number of rotatable bonds is 15. The molecule has 15 aromatic rings. The zero-order chi connectivity index (χ0) is 63.8. The minimum absolute atomic E-state index is 0.237. The van der Waals surface area contributed by atoms with E-state index < -0.39 is 16.1 Å². The van der Waals surface area contributed by atoms with Crippen LogP contribution in [0.2, 0.25) is 0 Å². The first-order valence-corrected chi connectivity index (χ1v) is 37.3. The number of hydrogen-bond donors (Lipinski definition) is 0. The van der Waals surface area contributed by atoms with Crippen molar-refractivity contribution in [2.24, 2.45) is 0 Å². The highest BCUT2D eigenvalue weighted by Crippen LogP contribution is 2.51. The monoisotopic (exact) mass is 1260 g/mol. The van der Waals surface area contributed by atoms with E-state index in [9.17, 15) is 0 Å². The second kappa shape index (κ2) is 24.9. The minimum atomic E-state index is -3.11. The Balaban J connectivity index is 1.02. The smallest absolute Gasteiger partial charge is 0.252 e. The number of nitrogens with zero attached hydrogens (tertiary/aromatic N) is 3. The molecule has 2 aliphatic heterocycles. The van der Waals surface area contributed by atoms with Gasteiger partial charge in [0.2, 0.25) is 0 Å². The summed E-state index contributed by atoms with van der Waals surface area (Å²) in [6.07, 6.45) is 0. The molecule has 0 spiro atoms. The Kier molecular flexibility index (Phi) is 15.1. The topological polar surface area (TPSA) is 9.72 Å². The first-order chi connectivity index (χ1) is 47.7. The van der Waals surface area contributed by atoms with Gasteiger partial charge < -0.3 is 14.7 Å². The standard InChI is InChI=1S/C90H66BN3Si2/c1-11-34-67(35-12-1)81-54-31-32-57-85(81)94-88-65-72(92(69-38-15-3-16-39-69)70-40-17-4-18-41-70)64-87-89(88)91(83-56-33-55-82(90(83)94)68-36-13-2-14-37-68)84-66-80(96(76-48-25-8-26-49-76,77-50-27-9-28-51-77)78-52-29-10-30-53-78)62-63-86(84)93(87)71-58-60-79(61-59-71)95(73-42-19-5-20-43-73,74-44-21-6-22-45-74)75-46-23-7-24-47-75/h1-66H. The van der Waals surface area contributed by atoms with Crippen LogP contribution < -0.4 is 72.6 Å². The van der Waals surface area contributed by atoms with Gasteiger partial charge in [0.05, 0.1) is 11.4 Å². The largest absolute Gasteiger partial charge is 0.311 e. The number of benzene rings is 15. The predicted octanol–water partition coefficient (Wildman–Crippen LogP) is 15.3. The maximum atomic E-state index is 2.66. The van der Waals surface area contributed by atoms with Crippen molar-refractivity contribution in [2.45, 2.75) is 0 Å². The molecular formula is C90H66BN3Si2. The van der Waals surface area contributed by atoms with Crippen LogP contribution in [0.1, 0.15) is 0 Å². The van der Waals surface area contributed by atoms with Crippen molar-refractivity contribution in [3.63, 3.8) is 0 Å². The first kappa shape index (κ1) is 58.1. The Bertz CT molecular complexity index is 4980. The lowest BCUT2D eigenvalue weighted by atomic mass is 9.33. The lowest BCUT2D eigenvalue weighted by Gasteiger charge is -2.46. The van der Waals surface area contributed by atoms with Gasteiger partial charge in [-0.25, -0.2) is 0 Å². The summed E-state index contributed by atoms with van der Waals surface area (Å²) in [4.78, 5) is 7.71. The van der Waals surface area contributed by atoms with E-state index in [0.717, 1.165) is 73.4 Å². The van der Waals surface area contributed by atoms with Gasteiger partial charge in [0, 0.05) is 50.9 Å². The van der Waals surface area contributed by atoms with Crippen molar-refractivity contribution in [3.05, 3.63) is 400 Å². The van der Waals surface area contributed by atoms with Crippen LogP contribution in [-0.4, -0.2) is 22.9 Å². The Morgan fingerprint density at radius 3 is 1.04 bits per heavy atom. The van der Waals surface area contributed by atoms with E-state index in [1.54, 1.807) is 0 Å². The summed E-state index contributed by atoms with van der Waals surface area (Å²) in [5.41, 5.74) is 18.2. The third-order valence-electron chi connectivity index (χ3n) is 19.9. The molecule has 0 saturated carbocycles. The molecule has 0 aromatic heterocycles. The molecule has 2 heterocycles. The van der Waals surface area contributed by atoms with Crippen LogP contribution in [0.3, 0.4) is 0 Å². The summed E-state index contributed by atoms with van der Waals surface area (Å²) in [6.45, 7) is -0.237. The van der Waals surface area contributed by atoms with Gasteiger partial charge in [-0.05, 0) is 130 Å². The molecule has 0 amide bonds. The minimum Gasteiger partial charge on any atom is -0.311 e. The van der Waals surface area contributed by atoms with E-state index in [4.69, 9.17) is 0 Å². The zero-order valence-electron chi connectivity index (χ0n) is 53.0. The molecule has 96 heavy (non-hydrogen) atoms. The lowest BCUT2D eigenvalue weighted by molar-refractivity contribution is 1.23. The summed E-state index contributed by atoms with van der Waals surface area (Å²) < 4.78 is 0. The highest BCUT2D eigenvalue weighted by Gasteiger charge is 2.49. The van der Waals surface area contributed by atoms with Crippen LogP contribution >= 0.6 is 0 Å². The fourth-order valence-electron chi connectivity index (χ4n) is 15.9. The summed E-state index contributed by atoms with van der Waals surface area (Å²) in [6, 6.07) is 150. The summed E-state index contributed by atoms with van der Waals surface area (Å²) in [7, 11) is -6.05. The average Bonchev–Trinajstić information content (AvgIpc) is 0.697. The highest BCUT2D eigenvalue weighted by atomic mass is 28.3. The second-order valence-electron chi connectivity index (χ2n) is 25.0. The van der Waals surface area contributed by atoms with Gasteiger partial charge >= 0.3 is 0 Å². The molecule has 0 radical (unpaired) electrons. The fourth-order valence-corrected chi connectivity index (χ4v) is 25.4. The zero-order valence-corrected chi connectivity index (χ0v) is 55.0. The van der Waals surface area contributed by atoms with Crippen LogP contribution in [0.4, 0.5) is 51.2 Å². The van der Waals surface area contributed by atoms with E-state index in [2.05, 4.69) is 415 Å². The second-order valence-corrected chi connectivity index (χ2v) is 32.6. The molecule has 0 bridgehead atoms. The fraction of sp³-hybridized carbons (Fsp3) is 0. The van der Waals surface area contributed by atoms with Gasteiger partial charge in [0.15, 0.2) is 16.1 Å². The molecule has 0 atom stereocenters. The average molecular weight is 1260 g/mol. The summed E-state index contributed by atoms with van der Waals surface area (Å²) in [5, 5.41) is 10.6. The Hall–Kier alpha value is -11.8.